The van der Waals surface area contributed by atoms with E-state index >= 15 is 0 Å². The van der Waals surface area contributed by atoms with E-state index in [0.29, 0.717) is 0 Å². The third kappa shape index (κ3) is 4.43. The monoisotopic (exact) mass is 386 g/mol. The molecule has 1 amide bonds. The van der Waals surface area contributed by atoms with Gasteiger partial charge in [-0.3, -0.25) is 9.52 Å². The number of carbonyl (C=O) groups is 1. The number of carbonyl (C=O) groups excluding carboxylic acids is 1. The summed E-state index contributed by atoms with van der Waals surface area (Å²) >= 11 is 1.16. The van der Waals surface area contributed by atoms with Crippen LogP contribution in [0.4, 0.5) is 5.69 Å². The van der Waals surface area contributed by atoms with E-state index in [1.54, 1.807) is 18.2 Å². The molecule has 130 valence electrons. The van der Waals surface area contributed by atoms with Gasteiger partial charge in [-0.25, -0.2) is 12.6 Å². The Morgan fingerprint density at radius 2 is 1.75 bits per heavy atom. The molecule has 1 aromatic carbocycles. The van der Waals surface area contributed by atoms with Crippen LogP contribution in [0, 0.1) is 13.8 Å². The van der Waals surface area contributed by atoms with Crippen LogP contribution < -0.4 is 4.72 Å². The van der Waals surface area contributed by atoms with Crippen molar-refractivity contribution in [3.8, 4) is 0 Å². The number of benzene rings is 1. The Hall–Kier alpha value is -1.71. The minimum absolute atomic E-state index is 0.0579. The molecule has 1 N–H and O–H groups in total. The number of rotatable bonds is 4. The fourth-order valence-electron chi connectivity index (χ4n) is 1.87. The summed E-state index contributed by atoms with van der Waals surface area (Å²) in [5.41, 5.74) is 1.05. The Morgan fingerprint density at radius 1 is 1.12 bits per heavy atom. The zero-order chi connectivity index (χ0) is 18.1. The van der Waals surface area contributed by atoms with Crippen molar-refractivity contribution in [2.45, 2.75) is 18.1 Å². The third-order valence-corrected chi connectivity index (χ3v) is 6.71. The van der Waals surface area contributed by atoms with Crippen molar-refractivity contribution in [1.29, 1.82) is 0 Å². The second-order valence-electron chi connectivity index (χ2n) is 5.53. The summed E-state index contributed by atoms with van der Waals surface area (Å²) in [4.78, 5) is 13.1. The van der Waals surface area contributed by atoms with Crippen molar-refractivity contribution in [2.75, 3.05) is 17.2 Å². The number of hydrogen-bond acceptors (Lipinski definition) is 5. The summed E-state index contributed by atoms with van der Waals surface area (Å²) in [6.45, 7) is 3.68. The molecule has 6 nitrogen and oxygen atoms in total. The van der Waals surface area contributed by atoms with Gasteiger partial charge in [0.05, 0.1) is 11.3 Å². The van der Waals surface area contributed by atoms with Crippen LogP contribution in [0.5, 0.6) is 0 Å². The molecule has 0 aliphatic rings. The summed E-state index contributed by atoms with van der Waals surface area (Å²) in [7, 11) is -6.45. The number of anilines is 1. The second kappa shape index (κ2) is 6.66. The highest BCUT2D eigenvalue weighted by Crippen LogP contribution is 2.28. The summed E-state index contributed by atoms with van der Waals surface area (Å²) < 4.78 is 43.0. The molecule has 2 rings (SSSR count). The van der Waals surface area contributed by atoms with E-state index < -0.39 is 25.7 Å². The lowest BCUT2D eigenvalue weighted by molar-refractivity contribution is 0.101. The zero-order valence-corrected chi connectivity index (χ0v) is 16.1. The molecule has 24 heavy (non-hydrogen) atoms. The Kier molecular flexibility index (Phi) is 5.17. The number of amides is 1. The third-order valence-electron chi connectivity index (χ3n) is 3.11. The lowest BCUT2D eigenvalue weighted by Gasteiger charge is -2.09. The van der Waals surface area contributed by atoms with E-state index in [1.165, 1.54) is 24.6 Å². The number of thiophene rings is 1. The average Bonchev–Trinajstić information content (AvgIpc) is 2.78. The highest BCUT2D eigenvalue weighted by atomic mass is 32.2. The molecule has 9 heteroatoms. The van der Waals surface area contributed by atoms with E-state index in [4.69, 9.17) is 0 Å². The average molecular weight is 387 g/mol. The predicted octanol–water partition coefficient (Wildman–Crippen LogP) is 3.03. The smallest absolute Gasteiger partial charge is 0.278 e. The topological polar surface area (TPSA) is 92.7 Å². The highest BCUT2D eigenvalue weighted by molar-refractivity contribution is 7.94. The lowest BCUT2D eigenvalue weighted by atomic mass is 10.2. The highest BCUT2D eigenvalue weighted by Gasteiger charge is 2.21. The van der Waals surface area contributed by atoms with Crippen molar-refractivity contribution in [2.24, 2.45) is 4.36 Å². The van der Waals surface area contributed by atoms with E-state index in [-0.39, 0.29) is 15.5 Å². The van der Waals surface area contributed by atoms with Crippen molar-refractivity contribution in [1.82, 2.24) is 0 Å². The first kappa shape index (κ1) is 18.6. The van der Waals surface area contributed by atoms with Gasteiger partial charge in [-0.15, -0.1) is 11.3 Å². The molecule has 1 heterocycles. The standard InChI is InChI=1S/C15H18N2O4S3/c1-10-9-14(22-11(10)2)24(20,21)16-13-8-6-5-7-12(13)15(18)17-23(3,4)19/h5-9,16H,1-4H3. The number of nitrogens with zero attached hydrogens (tertiary/aromatic N) is 1. The predicted molar refractivity (Wildman–Crippen MR) is 97.8 cm³/mol. The summed E-state index contributed by atoms with van der Waals surface area (Å²) in [6, 6.07) is 7.70. The van der Waals surface area contributed by atoms with Gasteiger partial charge in [0.2, 0.25) is 0 Å². The fraction of sp³-hybridized carbons (Fsp3) is 0.267. The Balaban J connectivity index is 2.44. The normalized spacial score (nSPS) is 12.0. The number of para-hydroxylation sites is 1. The van der Waals surface area contributed by atoms with Crippen LogP contribution in [0.2, 0.25) is 0 Å². The SMILES string of the molecule is Cc1cc(S(=O)(=O)Nc2ccccc2C(=O)N=S(C)(C)=O)sc1C. The quantitative estimate of drug-likeness (QED) is 0.874. The largest absolute Gasteiger partial charge is 0.287 e. The van der Waals surface area contributed by atoms with Crippen molar-refractivity contribution >= 4 is 42.7 Å². The van der Waals surface area contributed by atoms with Gasteiger partial charge in [0.25, 0.3) is 15.9 Å². The molecule has 0 aliphatic heterocycles. The van der Waals surface area contributed by atoms with Crippen LogP contribution in [0.15, 0.2) is 38.9 Å². The fourth-order valence-corrected chi connectivity index (χ4v) is 4.97. The van der Waals surface area contributed by atoms with Gasteiger partial charge in [-0.05, 0) is 37.6 Å². The van der Waals surface area contributed by atoms with Crippen LogP contribution in [0.25, 0.3) is 0 Å². The first-order valence-electron chi connectivity index (χ1n) is 6.90. The zero-order valence-electron chi connectivity index (χ0n) is 13.7. The maximum absolute atomic E-state index is 12.5. The minimum Gasteiger partial charge on any atom is -0.278 e. The van der Waals surface area contributed by atoms with Gasteiger partial charge in [-0.1, -0.05) is 12.1 Å². The Labute approximate surface area is 146 Å². The molecule has 0 spiro atoms. The molecule has 0 fully saturated rings. The first-order valence-corrected chi connectivity index (χ1v) is 11.5. The molecule has 0 atom stereocenters. The Morgan fingerprint density at radius 3 is 2.29 bits per heavy atom. The number of nitrogens with one attached hydrogen (secondary N) is 1. The molecular weight excluding hydrogens is 368 g/mol. The molecule has 1 aromatic heterocycles. The molecule has 0 bridgehead atoms. The number of aryl methyl sites for hydroxylation is 2. The molecule has 2 aromatic rings. The second-order valence-corrected chi connectivity index (χ2v) is 11.2. The molecule has 0 saturated carbocycles. The van der Waals surface area contributed by atoms with E-state index in [9.17, 15) is 17.4 Å². The van der Waals surface area contributed by atoms with Crippen LogP contribution in [-0.2, 0) is 19.8 Å². The molecule has 0 unspecified atom stereocenters. The molecule has 0 radical (unpaired) electrons. The van der Waals surface area contributed by atoms with E-state index in [2.05, 4.69) is 9.08 Å². The maximum Gasteiger partial charge on any atom is 0.287 e. The molecule has 0 aliphatic carbocycles. The first-order chi connectivity index (χ1) is 11.0. The van der Waals surface area contributed by atoms with Crippen LogP contribution in [-0.4, -0.2) is 31.0 Å². The van der Waals surface area contributed by atoms with Gasteiger partial charge >= 0.3 is 0 Å². The van der Waals surface area contributed by atoms with E-state index in [0.717, 1.165) is 21.8 Å². The van der Waals surface area contributed by atoms with Crippen molar-refractivity contribution in [3.05, 3.63) is 46.3 Å². The molecule has 0 saturated heterocycles. The van der Waals surface area contributed by atoms with E-state index in [1.807, 2.05) is 13.8 Å². The van der Waals surface area contributed by atoms with Gasteiger partial charge in [0.1, 0.15) is 4.21 Å². The number of sulfonamides is 1. The number of hydrogen-bond donors (Lipinski definition) is 1. The minimum atomic E-state index is -3.81. The van der Waals surface area contributed by atoms with Crippen LogP contribution in [0.3, 0.4) is 0 Å². The molecular formula is C15H18N2O4S3. The van der Waals surface area contributed by atoms with Crippen LogP contribution >= 0.6 is 11.3 Å². The van der Waals surface area contributed by atoms with Gasteiger partial charge in [0, 0.05) is 27.1 Å². The maximum atomic E-state index is 12.5. The van der Waals surface area contributed by atoms with Crippen molar-refractivity contribution < 1.29 is 17.4 Å². The van der Waals surface area contributed by atoms with Gasteiger partial charge in [0.15, 0.2) is 0 Å². The summed E-state index contributed by atoms with van der Waals surface area (Å²) in [6.07, 6.45) is 2.68. The van der Waals surface area contributed by atoms with Crippen LogP contribution in [0.1, 0.15) is 20.8 Å². The van der Waals surface area contributed by atoms with Gasteiger partial charge in [-0.2, -0.15) is 4.36 Å². The summed E-state index contributed by atoms with van der Waals surface area (Å²) in [5.74, 6) is -0.721. The lowest BCUT2D eigenvalue weighted by Crippen LogP contribution is -2.14. The van der Waals surface area contributed by atoms with Crippen molar-refractivity contribution in [3.63, 3.8) is 0 Å². The Bertz CT molecular complexity index is 986. The van der Waals surface area contributed by atoms with Gasteiger partial charge < -0.3 is 0 Å². The summed E-state index contributed by atoms with van der Waals surface area (Å²) in [5, 5.41) is 0.